The van der Waals surface area contributed by atoms with Crippen LogP contribution in [-0.2, 0) is 9.59 Å². The van der Waals surface area contributed by atoms with Crippen molar-refractivity contribution in [3.05, 3.63) is 58.1 Å². The number of benzene rings is 2. The Morgan fingerprint density at radius 2 is 1.83 bits per heavy atom. The maximum absolute atomic E-state index is 11.8. The molecule has 8 heteroatoms. The first-order valence-electron chi connectivity index (χ1n) is 6.73. The maximum Gasteiger partial charge on any atom is 0.329 e. The van der Waals surface area contributed by atoms with Gasteiger partial charge in [0.15, 0.2) is 0 Å². The summed E-state index contributed by atoms with van der Waals surface area (Å²) >= 11 is 11.7. The highest BCUT2D eigenvalue weighted by Gasteiger charge is 2.14. The fraction of sp³-hybridized carbons (Fsp3) is 0.0625. The molecule has 2 rings (SSSR count). The van der Waals surface area contributed by atoms with Gasteiger partial charge in [0, 0.05) is 0 Å². The highest BCUT2D eigenvalue weighted by atomic mass is 35.5. The number of nitrogens with zero attached hydrogens (tertiary/aromatic N) is 1. The molecule has 0 atom stereocenters. The second kappa shape index (κ2) is 8.33. The standard InChI is InChI=1S/C16H13Cl2N3O3/c1-24-14-5-3-2-4-13(14)20-15(22)16(23)21-19-9-10-6-7-11(17)12(18)8-10/h2-9H,1H3,(H,20,22)(H,21,23)/b19-9-. The Hall–Kier alpha value is -2.57. The van der Waals surface area contributed by atoms with Crippen molar-refractivity contribution in [2.75, 3.05) is 12.4 Å². The van der Waals surface area contributed by atoms with Crippen molar-refractivity contribution in [1.29, 1.82) is 0 Å². The lowest BCUT2D eigenvalue weighted by atomic mass is 10.2. The van der Waals surface area contributed by atoms with Crippen LogP contribution in [0.5, 0.6) is 5.75 Å². The van der Waals surface area contributed by atoms with Crippen LogP contribution in [0, 0.1) is 0 Å². The Morgan fingerprint density at radius 1 is 1.08 bits per heavy atom. The van der Waals surface area contributed by atoms with Crippen molar-refractivity contribution in [3.8, 4) is 5.75 Å². The van der Waals surface area contributed by atoms with Crippen molar-refractivity contribution in [3.63, 3.8) is 0 Å². The topological polar surface area (TPSA) is 79.8 Å². The number of hydrogen-bond acceptors (Lipinski definition) is 4. The molecule has 2 aromatic rings. The summed E-state index contributed by atoms with van der Waals surface area (Å²) in [5.41, 5.74) is 3.13. The van der Waals surface area contributed by atoms with E-state index in [1.165, 1.54) is 13.3 Å². The van der Waals surface area contributed by atoms with Gasteiger partial charge in [0.25, 0.3) is 0 Å². The summed E-state index contributed by atoms with van der Waals surface area (Å²) in [6.07, 6.45) is 1.34. The van der Waals surface area contributed by atoms with Crippen molar-refractivity contribution in [1.82, 2.24) is 5.43 Å². The number of carbonyl (C=O) groups excluding carboxylic acids is 2. The molecule has 6 nitrogen and oxygen atoms in total. The fourth-order valence-electron chi connectivity index (χ4n) is 1.74. The van der Waals surface area contributed by atoms with E-state index < -0.39 is 11.8 Å². The minimum absolute atomic E-state index is 0.362. The zero-order valence-electron chi connectivity index (χ0n) is 12.5. The molecule has 0 saturated carbocycles. The van der Waals surface area contributed by atoms with Gasteiger partial charge in [-0.25, -0.2) is 5.43 Å². The number of amides is 2. The van der Waals surface area contributed by atoms with E-state index in [0.29, 0.717) is 27.0 Å². The quantitative estimate of drug-likeness (QED) is 0.496. The molecule has 2 N–H and O–H groups in total. The van der Waals surface area contributed by atoms with Crippen molar-refractivity contribution in [2.24, 2.45) is 5.10 Å². The predicted octanol–water partition coefficient (Wildman–Crippen LogP) is 3.09. The first-order valence-corrected chi connectivity index (χ1v) is 7.49. The predicted molar refractivity (Wildman–Crippen MR) is 93.8 cm³/mol. The molecule has 0 fully saturated rings. The van der Waals surface area contributed by atoms with Gasteiger partial charge in [-0.1, -0.05) is 41.4 Å². The number of halogens is 2. The van der Waals surface area contributed by atoms with Gasteiger partial charge in [-0.15, -0.1) is 0 Å². The van der Waals surface area contributed by atoms with Crippen molar-refractivity contribution < 1.29 is 14.3 Å². The molecular weight excluding hydrogens is 353 g/mol. The summed E-state index contributed by atoms with van der Waals surface area (Å²) in [5, 5.41) is 6.91. The number of methoxy groups -OCH3 is 1. The summed E-state index contributed by atoms with van der Waals surface area (Å²) in [4.78, 5) is 23.6. The van der Waals surface area contributed by atoms with Crippen LogP contribution in [0.2, 0.25) is 10.0 Å². The first-order chi connectivity index (χ1) is 11.5. The Bertz CT molecular complexity index is 794. The first kappa shape index (κ1) is 17.8. The van der Waals surface area contributed by atoms with E-state index in [1.807, 2.05) is 0 Å². The molecule has 0 spiro atoms. The summed E-state index contributed by atoms with van der Waals surface area (Å²) in [5.74, 6) is -1.35. The molecule has 0 radical (unpaired) electrons. The number of rotatable bonds is 4. The van der Waals surface area contributed by atoms with Crippen LogP contribution >= 0.6 is 23.2 Å². The molecule has 0 unspecified atom stereocenters. The van der Waals surface area contributed by atoms with Gasteiger partial charge in [-0.05, 0) is 29.8 Å². The molecular formula is C16H13Cl2N3O3. The molecule has 0 aliphatic heterocycles. The second-order valence-corrected chi connectivity index (χ2v) is 5.34. The molecule has 2 aromatic carbocycles. The summed E-state index contributed by atoms with van der Waals surface area (Å²) in [6.45, 7) is 0. The normalized spacial score (nSPS) is 10.5. The zero-order chi connectivity index (χ0) is 17.5. The zero-order valence-corrected chi connectivity index (χ0v) is 14.1. The second-order valence-electron chi connectivity index (χ2n) is 4.53. The van der Waals surface area contributed by atoms with Gasteiger partial charge in [-0.3, -0.25) is 9.59 Å². The van der Waals surface area contributed by atoms with Crippen molar-refractivity contribution in [2.45, 2.75) is 0 Å². The van der Waals surface area contributed by atoms with Crippen LogP contribution in [0.3, 0.4) is 0 Å². The van der Waals surface area contributed by atoms with Gasteiger partial charge in [0.2, 0.25) is 0 Å². The SMILES string of the molecule is COc1ccccc1NC(=O)C(=O)N/N=C\c1ccc(Cl)c(Cl)c1. The number of ether oxygens (including phenoxy) is 1. The summed E-state index contributed by atoms with van der Waals surface area (Å²) in [6, 6.07) is 11.6. The third-order valence-corrected chi connectivity index (χ3v) is 3.62. The third-order valence-electron chi connectivity index (χ3n) is 2.88. The lowest BCUT2D eigenvalue weighted by Gasteiger charge is -2.08. The molecule has 0 saturated heterocycles. The number of para-hydroxylation sites is 2. The number of anilines is 1. The number of nitrogens with one attached hydrogen (secondary N) is 2. The molecule has 0 bridgehead atoms. The Morgan fingerprint density at radius 3 is 2.54 bits per heavy atom. The van der Waals surface area contributed by atoms with Gasteiger partial charge >= 0.3 is 11.8 Å². The van der Waals surface area contributed by atoms with Crippen molar-refractivity contribution >= 4 is 46.9 Å². The largest absolute Gasteiger partial charge is 0.495 e. The van der Waals surface area contributed by atoms with E-state index in [0.717, 1.165) is 0 Å². The summed E-state index contributed by atoms with van der Waals surface area (Å²) < 4.78 is 5.09. The van der Waals surface area contributed by atoms with E-state index in [4.69, 9.17) is 27.9 Å². The molecule has 0 aromatic heterocycles. The van der Waals surface area contributed by atoms with Crippen LogP contribution in [0.1, 0.15) is 5.56 Å². The summed E-state index contributed by atoms with van der Waals surface area (Å²) in [7, 11) is 1.46. The highest BCUT2D eigenvalue weighted by molar-refractivity contribution is 6.42. The minimum Gasteiger partial charge on any atom is -0.495 e. The van der Waals surface area contributed by atoms with Gasteiger partial charge < -0.3 is 10.1 Å². The van der Waals surface area contributed by atoms with Gasteiger partial charge in [0.05, 0.1) is 29.1 Å². The molecule has 0 heterocycles. The Kier molecular flexibility index (Phi) is 6.17. The molecule has 24 heavy (non-hydrogen) atoms. The Balaban J connectivity index is 1.95. The highest BCUT2D eigenvalue weighted by Crippen LogP contribution is 2.23. The maximum atomic E-state index is 11.8. The van der Waals surface area contributed by atoms with E-state index in [1.54, 1.807) is 42.5 Å². The van der Waals surface area contributed by atoms with Crippen LogP contribution in [0.25, 0.3) is 0 Å². The smallest absolute Gasteiger partial charge is 0.329 e. The van der Waals surface area contributed by atoms with E-state index in [2.05, 4.69) is 15.8 Å². The number of hydrazone groups is 1. The average Bonchev–Trinajstić information content (AvgIpc) is 2.58. The van der Waals surface area contributed by atoms with Gasteiger partial charge in [-0.2, -0.15) is 5.10 Å². The van der Waals surface area contributed by atoms with E-state index >= 15 is 0 Å². The van der Waals surface area contributed by atoms with Crippen LogP contribution < -0.4 is 15.5 Å². The van der Waals surface area contributed by atoms with Crippen LogP contribution in [-0.4, -0.2) is 25.1 Å². The number of carbonyl (C=O) groups is 2. The molecule has 2 amide bonds. The fourth-order valence-corrected chi connectivity index (χ4v) is 2.04. The molecule has 0 aliphatic rings. The average molecular weight is 366 g/mol. The molecule has 124 valence electrons. The van der Waals surface area contributed by atoms with Gasteiger partial charge in [0.1, 0.15) is 5.75 Å². The Labute approximate surface area is 148 Å². The third kappa shape index (κ3) is 4.71. The van der Waals surface area contributed by atoms with Crippen LogP contribution in [0.15, 0.2) is 47.6 Å². The lowest BCUT2D eigenvalue weighted by molar-refractivity contribution is -0.136. The number of hydrogen-bond donors (Lipinski definition) is 2. The van der Waals surface area contributed by atoms with E-state index in [9.17, 15) is 9.59 Å². The minimum atomic E-state index is -0.919. The van der Waals surface area contributed by atoms with Crippen LogP contribution in [0.4, 0.5) is 5.69 Å². The van der Waals surface area contributed by atoms with E-state index in [-0.39, 0.29) is 0 Å². The lowest BCUT2D eigenvalue weighted by Crippen LogP contribution is -2.32. The molecule has 0 aliphatic carbocycles. The monoisotopic (exact) mass is 365 g/mol.